The molecule has 0 saturated carbocycles. The highest BCUT2D eigenvalue weighted by atomic mass is 15.2. The Morgan fingerprint density at radius 2 is 2.05 bits per heavy atom. The normalized spacial score (nSPS) is 17.5. The largest absolute Gasteiger partial charge is 0.355 e. The van der Waals surface area contributed by atoms with Gasteiger partial charge in [-0.05, 0) is 50.2 Å². The summed E-state index contributed by atoms with van der Waals surface area (Å²) in [5.41, 5.74) is 3.19. The average molecular weight is 257 g/mol. The van der Waals surface area contributed by atoms with Gasteiger partial charge in [-0.15, -0.1) is 0 Å². The smallest absolute Gasteiger partial charge is 0.147 e. The van der Waals surface area contributed by atoms with Crippen molar-refractivity contribution in [1.82, 2.24) is 4.98 Å². The van der Waals surface area contributed by atoms with Crippen LogP contribution >= 0.6 is 0 Å². The van der Waals surface area contributed by atoms with Crippen molar-refractivity contribution in [2.24, 2.45) is 5.41 Å². The number of rotatable bonds is 3. The number of anilines is 1. The lowest BCUT2D eigenvalue weighted by atomic mass is 9.82. The lowest BCUT2D eigenvalue weighted by Gasteiger charge is -2.27. The number of aromatic nitrogens is 1. The molecule has 0 radical (unpaired) electrons. The first-order valence-electron chi connectivity index (χ1n) is 7.18. The van der Waals surface area contributed by atoms with Crippen LogP contribution in [0, 0.1) is 30.6 Å². The zero-order valence-electron chi connectivity index (χ0n) is 12.5. The van der Waals surface area contributed by atoms with Gasteiger partial charge in [0.05, 0.1) is 5.56 Å². The van der Waals surface area contributed by atoms with Crippen LogP contribution < -0.4 is 4.90 Å². The molecule has 19 heavy (non-hydrogen) atoms. The number of hydrogen-bond donors (Lipinski definition) is 0. The maximum atomic E-state index is 9.38. The van der Waals surface area contributed by atoms with Crippen molar-refractivity contribution >= 4 is 5.82 Å². The van der Waals surface area contributed by atoms with Crippen LogP contribution in [0.4, 0.5) is 5.82 Å². The predicted octanol–water partition coefficient (Wildman–Crippen LogP) is 3.59. The molecule has 1 fully saturated rings. The Labute approximate surface area is 116 Å². The standard InChI is InChI=1S/C16H23N3/c1-5-16(6-2)7-8-19(11-16)15-14(10-17)12(3)9-13(4)18-15/h9H,5-8,11H2,1-4H3. The van der Waals surface area contributed by atoms with Gasteiger partial charge in [0.15, 0.2) is 0 Å². The van der Waals surface area contributed by atoms with E-state index in [0.29, 0.717) is 5.41 Å². The van der Waals surface area contributed by atoms with E-state index in [1.54, 1.807) is 0 Å². The van der Waals surface area contributed by atoms with E-state index in [0.717, 1.165) is 35.7 Å². The number of aryl methyl sites for hydroxylation is 2. The van der Waals surface area contributed by atoms with Gasteiger partial charge in [-0.2, -0.15) is 5.26 Å². The Balaban J connectivity index is 2.37. The molecule has 0 spiro atoms. The van der Waals surface area contributed by atoms with Crippen molar-refractivity contribution in [3.63, 3.8) is 0 Å². The number of nitrogens with zero attached hydrogens (tertiary/aromatic N) is 3. The van der Waals surface area contributed by atoms with E-state index in [9.17, 15) is 5.26 Å². The summed E-state index contributed by atoms with van der Waals surface area (Å²) >= 11 is 0. The molecule has 1 saturated heterocycles. The highest BCUT2D eigenvalue weighted by Gasteiger charge is 2.36. The third-order valence-electron chi connectivity index (χ3n) is 4.68. The molecule has 3 heteroatoms. The van der Waals surface area contributed by atoms with Gasteiger partial charge < -0.3 is 4.90 Å². The second kappa shape index (κ2) is 5.21. The molecule has 1 aliphatic heterocycles. The Morgan fingerprint density at radius 3 is 2.58 bits per heavy atom. The molecule has 102 valence electrons. The molecule has 0 N–H and O–H groups in total. The summed E-state index contributed by atoms with van der Waals surface area (Å²) in [6.07, 6.45) is 3.61. The van der Waals surface area contributed by atoms with Crippen molar-refractivity contribution in [2.45, 2.75) is 47.0 Å². The van der Waals surface area contributed by atoms with Gasteiger partial charge in [-0.1, -0.05) is 13.8 Å². The summed E-state index contributed by atoms with van der Waals surface area (Å²) in [7, 11) is 0. The Morgan fingerprint density at radius 1 is 1.37 bits per heavy atom. The fourth-order valence-electron chi connectivity index (χ4n) is 3.13. The monoisotopic (exact) mass is 257 g/mol. The van der Waals surface area contributed by atoms with Crippen LogP contribution in [0.15, 0.2) is 6.07 Å². The summed E-state index contributed by atoms with van der Waals surface area (Å²) in [4.78, 5) is 6.94. The van der Waals surface area contributed by atoms with E-state index in [2.05, 4.69) is 29.8 Å². The molecule has 1 aromatic heterocycles. The van der Waals surface area contributed by atoms with Crippen LogP contribution in [-0.4, -0.2) is 18.1 Å². The van der Waals surface area contributed by atoms with E-state index in [1.165, 1.54) is 19.3 Å². The zero-order chi connectivity index (χ0) is 14.0. The average Bonchev–Trinajstić information content (AvgIpc) is 2.83. The van der Waals surface area contributed by atoms with Crippen LogP contribution in [-0.2, 0) is 0 Å². The topological polar surface area (TPSA) is 39.9 Å². The fourth-order valence-corrected chi connectivity index (χ4v) is 3.13. The molecule has 0 unspecified atom stereocenters. The van der Waals surface area contributed by atoms with E-state index in [-0.39, 0.29) is 0 Å². The molecule has 0 bridgehead atoms. The molecule has 2 heterocycles. The first-order valence-corrected chi connectivity index (χ1v) is 7.18. The quantitative estimate of drug-likeness (QED) is 0.830. The molecule has 0 atom stereocenters. The molecule has 2 rings (SSSR count). The lowest BCUT2D eigenvalue weighted by molar-refractivity contribution is 0.301. The molecular weight excluding hydrogens is 234 g/mol. The van der Waals surface area contributed by atoms with E-state index >= 15 is 0 Å². The zero-order valence-corrected chi connectivity index (χ0v) is 12.5. The second-order valence-corrected chi connectivity index (χ2v) is 5.77. The van der Waals surface area contributed by atoms with Crippen LogP contribution in [0.1, 0.15) is 49.9 Å². The van der Waals surface area contributed by atoms with Gasteiger partial charge in [0.2, 0.25) is 0 Å². The highest BCUT2D eigenvalue weighted by molar-refractivity contribution is 5.58. The molecule has 0 aromatic carbocycles. The van der Waals surface area contributed by atoms with E-state index in [1.807, 2.05) is 19.9 Å². The predicted molar refractivity (Wildman–Crippen MR) is 78.3 cm³/mol. The summed E-state index contributed by atoms with van der Waals surface area (Å²) < 4.78 is 0. The second-order valence-electron chi connectivity index (χ2n) is 5.77. The first-order chi connectivity index (χ1) is 9.05. The van der Waals surface area contributed by atoms with Crippen LogP contribution in [0.2, 0.25) is 0 Å². The third-order valence-corrected chi connectivity index (χ3v) is 4.68. The van der Waals surface area contributed by atoms with Gasteiger partial charge in [0.25, 0.3) is 0 Å². The van der Waals surface area contributed by atoms with Gasteiger partial charge in [-0.3, -0.25) is 0 Å². The molecule has 3 nitrogen and oxygen atoms in total. The Kier molecular flexibility index (Phi) is 3.80. The Hall–Kier alpha value is -1.56. The summed E-state index contributed by atoms with van der Waals surface area (Å²) in [6, 6.07) is 4.32. The highest BCUT2D eigenvalue weighted by Crippen LogP contribution is 2.39. The number of pyridine rings is 1. The third kappa shape index (κ3) is 2.45. The lowest BCUT2D eigenvalue weighted by Crippen LogP contribution is -2.27. The van der Waals surface area contributed by atoms with E-state index < -0.39 is 0 Å². The van der Waals surface area contributed by atoms with Crippen LogP contribution in [0.5, 0.6) is 0 Å². The van der Waals surface area contributed by atoms with Gasteiger partial charge in [0, 0.05) is 18.8 Å². The minimum absolute atomic E-state index is 0.409. The summed E-state index contributed by atoms with van der Waals surface area (Å²) in [5, 5.41) is 9.38. The minimum atomic E-state index is 0.409. The Bertz CT molecular complexity index is 509. The fraction of sp³-hybridized carbons (Fsp3) is 0.625. The van der Waals surface area contributed by atoms with E-state index in [4.69, 9.17) is 0 Å². The SMILES string of the molecule is CCC1(CC)CCN(c2nc(C)cc(C)c2C#N)C1. The molecule has 0 amide bonds. The first kappa shape index (κ1) is 13.9. The van der Waals surface area contributed by atoms with Gasteiger partial charge in [-0.25, -0.2) is 4.98 Å². The number of nitriles is 1. The van der Waals surface area contributed by atoms with Crippen LogP contribution in [0.25, 0.3) is 0 Å². The maximum absolute atomic E-state index is 9.38. The molecule has 1 aromatic rings. The van der Waals surface area contributed by atoms with Crippen molar-refractivity contribution in [1.29, 1.82) is 5.26 Å². The maximum Gasteiger partial charge on any atom is 0.147 e. The van der Waals surface area contributed by atoms with Gasteiger partial charge >= 0.3 is 0 Å². The summed E-state index contributed by atoms with van der Waals surface area (Å²) in [5.74, 6) is 0.892. The van der Waals surface area contributed by atoms with Gasteiger partial charge in [0.1, 0.15) is 11.9 Å². The van der Waals surface area contributed by atoms with Crippen molar-refractivity contribution in [3.8, 4) is 6.07 Å². The minimum Gasteiger partial charge on any atom is -0.355 e. The van der Waals surface area contributed by atoms with Crippen molar-refractivity contribution < 1.29 is 0 Å². The van der Waals surface area contributed by atoms with Crippen molar-refractivity contribution in [3.05, 3.63) is 22.9 Å². The molecule has 0 aliphatic carbocycles. The number of hydrogen-bond acceptors (Lipinski definition) is 3. The summed E-state index contributed by atoms with van der Waals surface area (Å²) in [6.45, 7) is 10.6. The molecule has 1 aliphatic rings. The van der Waals surface area contributed by atoms with Crippen molar-refractivity contribution in [2.75, 3.05) is 18.0 Å². The van der Waals surface area contributed by atoms with Crippen LogP contribution in [0.3, 0.4) is 0 Å². The molecular formula is C16H23N3.